The Kier molecular flexibility index (Phi) is 5.69. The minimum absolute atomic E-state index is 0.0767. The normalized spacial score (nSPS) is 10.8. The average Bonchev–Trinajstić information content (AvgIpc) is 2.26. The molecule has 0 aliphatic heterocycles. The highest BCUT2D eigenvalue weighted by atomic mass is 16.1. The number of amides is 1. The van der Waals surface area contributed by atoms with Crippen LogP contribution in [0.2, 0.25) is 0 Å². The molecule has 1 aromatic carbocycles. The number of hydrogen-bond acceptors (Lipinski definition) is 2. The Bertz CT molecular complexity index is 369. The zero-order valence-electron chi connectivity index (χ0n) is 11.8. The lowest BCUT2D eigenvalue weighted by molar-refractivity contribution is -0.116. The number of hydrogen-bond donors (Lipinski definition) is 2. The van der Waals surface area contributed by atoms with Crippen molar-refractivity contribution in [3.8, 4) is 0 Å². The molecule has 0 saturated heterocycles. The first-order valence-corrected chi connectivity index (χ1v) is 6.61. The molecule has 1 rings (SSSR count). The van der Waals surface area contributed by atoms with Gasteiger partial charge in [-0.15, -0.1) is 0 Å². The van der Waals surface area contributed by atoms with Gasteiger partial charge < -0.3 is 10.6 Å². The summed E-state index contributed by atoms with van der Waals surface area (Å²) >= 11 is 0. The van der Waals surface area contributed by atoms with E-state index >= 15 is 0 Å². The van der Waals surface area contributed by atoms with E-state index in [2.05, 4.69) is 24.5 Å². The van der Waals surface area contributed by atoms with E-state index in [9.17, 15) is 4.79 Å². The first-order chi connectivity index (χ1) is 8.47. The number of nitrogens with one attached hydrogen (secondary N) is 2. The second-order valence-corrected chi connectivity index (χ2v) is 5.50. The number of carbonyl (C=O) groups excluding carboxylic acids is 1. The second-order valence-electron chi connectivity index (χ2n) is 5.50. The Morgan fingerprint density at radius 1 is 1.00 bits per heavy atom. The topological polar surface area (TPSA) is 41.1 Å². The van der Waals surface area contributed by atoms with Crippen LogP contribution >= 0.6 is 0 Å². The number of carbonyl (C=O) groups is 1. The van der Waals surface area contributed by atoms with Gasteiger partial charge in [-0.1, -0.05) is 27.7 Å². The Morgan fingerprint density at radius 3 is 2.06 bits per heavy atom. The Morgan fingerprint density at radius 2 is 1.56 bits per heavy atom. The van der Waals surface area contributed by atoms with E-state index in [0.717, 1.165) is 17.9 Å². The first-order valence-electron chi connectivity index (χ1n) is 6.61. The fourth-order valence-electron chi connectivity index (χ4n) is 1.58. The molecule has 0 spiro atoms. The lowest BCUT2D eigenvalue weighted by atomic mass is 10.1. The van der Waals surface area contributed by atoms with Crippen LogP contribution in [0.15, 0.2) is 24.3 Å². The lowest BCUT2D eigenvalue weighted by Gasteiger charge is -2.10. The summed E-state index contributed by atoms with van der Waals surface area (Å²) in [5.41, 5.74) is 1.95. The van der Waals surface area contributed by atoms with Crippen molar-refractivity contribution in [2.45, 2.75) is 34.1 Å². The van der Waals surface area contributed by atoms with E-state index in [1.165, 1.54) is 0 Å². The van der Waals surface area contributed by atoms with Crippen molar-refractivity contribution in [3.63, 3.8) is 0 Å². The summed E-state index contributed by atoms with van der Waals surface area (Å²) in [5.74, 6) is 1.08. The fourth-order valence-corrected chi connectivity index (χ4v) is 1.58. The van der Waals surface area contributed by atoms with E-state index in [1.54, 1.807) is 0 Å². The minimum Gasteiger partial charge on any atom is -0.385 e. The molecule has 0 aliphatic rings. The first kappa shape index (κ1) is 14.6. The third-order valence-corrected chi connectivity index (χ3v) is 2.48. The van der Waals surface area contributed by atoms with Gasteiger partial charge in [0.1, 0.15) is 0 Å². The third kappa shape index (κ3) is 5.71. The fraction of sp³-hybridized carbons (Fsp3) is 0.533. The molecule has 100 valence electrons. The Labute approximate surface area is 110 Å². The van der Waals surface area contributed by atoms with Crippen molar-refractivity contribution in [1.82, 2.24) is 0 Å². The summed E-state index contributed by atoms with van der Waals surface area (Å²) in [6.07, 6.45) is 0.563. The summed E-state index contributed by atoms with van der Waals surface area (Å²) in [4.78, 5) is 11.6. The molecule has 0 saturated carbocycles. The molecule has 0 heterocycles. The predicted molar refractivity (Wildman–Crippen MR) is 77.9 cm³/mol. The molecule has 3 nitrogen and oxygen atoms in total. The largest absolute Gasteiger partial charge is 0.385 e. The van der Waals surface area contributed by atoms with Crippen molar-refractivity contribution in [3.05, 3.63) is 24.3 Å². The van der Waals surface area contributed by atoms with Gasteiger partial charge in [0.15, 0.2) is 0 Å². The zero-order chi connectivity index (χ0) is 13.5. The van der Waals surface area contributed by atoms with Crippen molar-refractivity contribution in [1.29, 1.82) is 0 Å². The van der Waals surface area contributed by atoms with Gasteiger partial charge in [-0.3, -0.25) is 4.79 Å². The van der Waals surface area contributed by atoms with Crippen LogP contribution in [0.1, 0.15) is 34.1 Å². The van der Waals surface area contributed by atoms with Crippen LogP contribution in [0.4, 0.5) is 11.4 Å². The maximum absolute atomic E-state index is 11.6. The highest BCUT2D eigenvalue weighted by molar-refractivity contribution is 5.90. The number of benzene rings is 1. The molecular weight excluding hydrogens is 224 g/mol. The van der Waals surface area contributed by atoms with Gasteiger partial charge in [0.25, 0.3) is 0 Å². The summed E-state index contributed by atoms with van der Waals surface area (Å²) in [6.45, 7) is 9.39. The molecular formula is C15H24N2O. The predicted octanol–water partition coefficient (Wildman–Crippen LogP) is 3.74. The van der Waals surface area contributed by atoms with Crippen LogP contribution in [0, 0.1) is 11.8 Å². The van der Waals surface area contributed by atoms with Crippen molar-refractivity contribution >= 4 is 17.3 Å². The van der Waals surface area contributed by atoms with E-state index in [1.807, 2.05) is 38.1 Å². The van der Waals surface area contributed by atoms with E-state index < -0.39 is 0 Å². The van der Waals surface area contributed by atoms with Crippen molar-refractivity contribution in [2.75, 3.05) is 17.2 Å². The molecule has 1 amide bonds. The molecule has 0 unspecified atom stereocenters. The third-order valence-electron chi connectivity index (χ3n) is 2.48. The van der Waals surface area contributed by atoms with Crippen LogP contribution in [0.25, 0.3) is 0 Å². The molecule has 0 radical (unpaired) electrons. The zero-order valence-corrected chi connectivity index (χ0v) is 11.8. The molecule has 3 heteroatoms. The highest BCUT2D eigenvalue weighted by Crippen LogP contribution is 2.14. The van der Waals surface area contributed by atoms with Gasteiger partial charge >= 0.3 is 0 Å². The van der Waals surface area contributed by atoms with Gasteiger partial charge in [-0.25, -0.2) is 0 Å². The molecule has 2 N–H and O–H groups in total. The lowest BCUT2D eigenvalue weighted by Crippen LogP contribution is -2.13. The minimum atomic E-state index is 0.0767. The number of anilines is 2. The van der Waals surface area contributed by atoms with E-state index in [0.29, 0.717) is 18.3 Å². The second kappa shape index (κ2) is 7.04. The molecule has 0 fully saturated rings. The highest BCUT2D eigenvalue weighted by Gasteiger charge is 2.05. The number of rotatable bonds is 6. The Hall–Kier alpha value is -1.51. The van der Waals surface area contributed by atoms with Gasteiger partial charge in [0.2, 0.25) is 5.91 Å². The van der Waals surface area contributed by atoms with E-state index in [-0.39, 0.29) is 5.91 Å². The molecule has 0 aliphatic carbocycles. The standard InChI is InChI=1S/C15H24N2O/c1-11(2)9-15(18)17-14-7-5-13(6-8-14)16-10-12(3)4/h5-8,11-12,16H,9-10H2,1-4H3,(H,17,18). The van der Waals surface area contributed by atoms with Gasteiger partial charge in [-0.05, 0) is 36.1 Å². The van der Waals surface area contributed by atoms with Crippen molar-refractivity contribution < 1.29 is 4.79 Å². The molecule has 0 aromatic heterocycles. The van der Waals surface area contributed by atoms with E-state index in [4.69, 9.17) is 0 Å². The van der Waals surface area contributed by atoms with Crippen LogP contribution in [0.3, 0.4) is 0 Å². The monoisotopic (exact) mass is 248 g/mol. The maximum atomic E-state index is 11.6. The molecule has 1 aromatic rings. The quantitative estimate of drug-likeness (QED) is 0.805. The van der Waals surface area contributed by atoms with Crippen LogP contribution in [-0.4, -0.2) is 12.5 Å². The maximum Gasteiger partial charge on any atom is 0.224 e. The van der Waals surface area contributed by atoms with Crippen LogP contribution in [-0.2, 0) is 4.79 Å². The summed E-state index contributed by atoms with van der Waals surface area (Å²) in [5, 5.41) is 6.24. The molecule has 0 bridgehead atoms. The van der Waals surface area contributed by atoms with Gasteiger partial charge in [-0.2, -0.15) is 0 Å². The van der Waals surface area contributed by atoms with Crippen LogP contribution in [0.5, 0.6) is 0 Å². The average molecular weight is 248 g/mol. The molecule has 18 heavy (non-hydrogen) atoms. The van der Waals surface area contributed by atoms with Gasteiger partial charge in [0, 0.05) is 24.3 Å². The van der Waals surface area contributed by atoms with Gasteiger partial charge in [0.05, 0.1) is 0 Å². The molecule has 0 atom stereocenters. The smallest absolute Gasteiger partial charge is 0.224 e. The summed E-state index contributed by atoms with van der Waals surface area (Å²) in [6, 6.07) is 7.85. The summed E-state index contributed by atoms with van der Waals surface area (Å²) in [7, 11) is 0. The Balaban J connectivity index is 2.47. The van der Waals surface area contributed by atoms with Crippen molar-refractivity contribution in [2.24, 2.45) is 11.8 Å². The van der Waals surface area contributed by atoms with Crippen LogP contribution < -0.4 is 10.6 Å². The summed E-state index contributed by atoms with van der Waals surface area (Å²) < 4.78 is 0. The SMILES string of the molecule is CC(C)CNc1ccc(NC(=O)CC(C)C)cc1.